The van der Waals surface area contributed by atoms with Gasteiger partial charge in [-0.15, -0.1) is 12.2 Å². The average Bonchev–Trinajstić information content (AvgIpc) is 2.38. The summed E-state index contributed by atoms with van der Waals surface area (Å²) in [7, 11) is 0. The van der Waals surface area contributed by atoms with Gasteiger partial charge in [-0.3, -0.25) is 0 Å². The van der Waals surface area contributed by atoms with E-state index in [1.165, 1.54) is 70.0 Å². The maximum absolute atomic E-state index is 5.74. The van der Waals surface area contributed by atoms with Crippen molar-refractivity contribution < 1.29 is 4.52 Å². The van der Waals surface area contributed by atoms with Gasteiger partial charge >= 0.3 is 0 Å². The van der Waals surface area contributed by atoms with Gasteiger partial charge in [-0.2, -0.15) is 0 Å². The summed E-state index contributed by atoms with van der Waals surface area (Å²) in [4.78, 5) is 0. The molecule has 0 heterocycles. The summed E-state index contributed by atoms with van der Waals surface area (Å²) in [5, 5.41) is 0. The van der Waals surface area contributed by atoms with Crippen molar-refractivity contribution in [2.24, 2.45) is 0 Å². The molecule has 0 spiro atoms. The van der Waals surface area contributed by atoms with E-state index in [9.17, 15) is 0 Å². The molecule has 0 aromatic rings. The van der Waals surface area contributed by atoms with E-state index in [0.29, 0.717) is 0 Å². The third-order valence-corrected chi connectivity index (χ3v) is 6.91. The van der Waals surface area contributed by atoms with Crippen LogP contribution in [0.1, 0.15) is 78.1 Å². The zero-order chi connectivity index (χ0) is 13.5. The topological polar surface area (TPSA) is 9.23 Å². The molecule has 0 aromatic heterocycles. The van der Waals surface area contributed by atoms with E-state index in [0.717, 1.165) is 6.61 Å². The Bertz CT molecular complexity index is 143. The lowest BCUT2D eigenvalue weighted by atomic mass is 10.2. The Balaban J connectivity index is 3.10. The minimum absolute atomic E-state index is 0.518. The van der Waals surface area contributed by atoms with Gasteiger partial charge in [0, 0.05) is 5.75 Å². The van der Waals surface area contributed by atoms with Crippen LogP contribution < -0.4 is 0 Å². The molecule has 110 valence electrons. The summed E-state index contributed by atoms with van der Waals surface area (Å²) in [5.74, 6) is 1.22. The van der Waals surface area contributed by atoms with E-state index in [1.54, 1.807) is 0 Å². The number of unbranched alkanes of at least 4 members (excludes halogenated alkanes) is 8. The highest BCUT2D eigenvalue weighted by atomic mass is 33.1. The molecule has 0 rings (SSSR count). The molecular formula is C14H31OPS2. The Morgan fingerprint density at radius 3 is 2.00 bits per heavy atom. The fraction of sp³-hybridized carbons (Fsp3) is 1.00. The van der Waals surface area contributed by atoms with Gasteiger partial charge in [0.2, 0.25) is 0 Å². The van der Waals surface area contributed by atoms with Crippen LogP contribution in [0.3, 0.4) is 0 Å². The lowest BCUT2D eigenvalue weighted by molar-refractivity contribution is 0.349. The van der Waals surface area contributed by atoms with Crippen molar-refractivity contribution in [1.82, 2.24) is 0 Å². The van der Waals surface area contributed by atoms with Gasteiger partial charge in [0.15, 0.2) is 0 Å². The molecule has 0 N–H and O–H groups in total. The molecule has 0 aliphatic rings. The number of hydrogen-bond donors (Lipinski definition) is 1. The predicted octanol–water partition coefficient (Wildman–Crippen LogP) is 6.83. The van der Waals surface area contributed by atoms with Crippen LogP contribution in [-0.2, 0) is 4.52 Å². The first-order valence-corrected chi connectivity index (χ1v) is 11.6. The van der Waals surface area contributed by atoms with Gasteiger partial charge in [-0.1, -0.05) is 76.6 Å². The quantitative estimate of drug-likeness (QED) is 0.214. The summed E-state index contributed by atoms with van der Waals surface area (Å²) >= 11 is 6.43. The second-order valence-corrected chi connectivity index (χ2v) is 9.80. The summed E-state index contributed by atoms with van der Waals surface area (Å²) < 4.78 is 5.74. The lowest BCUT2D eigenvalue weighted by Crippen LogP contribution is -1.87. The summed E-state index contributed by atoms with van der Waals surface area (Å²) in [6, 6.07) is 0. The molecule has 0 amide bonds. The fourth-order valence-electron chi connectivity index (χ4n) is 1.73. The van der Waals surface area contributed by atoms with Crippen LogP contribution in [0.5, 0.6) is 0 Å². The van der Waals surface area contributed by atoms with Gasteiger partial charge in [0.05, 0.1) is 6.61 Å². The first-order valence-electron chi connectivity index (χ1n) is 7.56. The third kappa shape index (κ3) is 15.1. The van der Waals surface area contributed by atoms with Crippen LogP contribution in [0, 0.1) is 0 Å². The van der Waals surface area contributed by atoms with E-state index in [2.05, 4.69) is 26.1 Å². The Morgan fingerprint density at radius 2 is 1.39 bits per heavy atom. The summed E-state index contributed by atoms with van der Waals surface area (Å²) in [6.07, 6.45) is 13.3. The highest BCUT2D eigenvalue weighted by molar-refractivity contribution is 8.82. The van der Waals surface area contributed by atoms with Gasteiger partial charge in [0.1, 0.15) is 6.55 Å². The van der Waals surface area contributed by atoms with Crippen molar-refractivity contribution in [2.45, 2.75) is 78.1 Å². The van der Waals surface area contributed by atoms with Crippen LogP contribution >= 0.6 is 30.2 Å². The van der Waals surface area contributed by atoms with Crippen LogP contribution in [0.4, 0.5) is 0 Å². The molecule has 0 aliphatic heterocycles. The molecule has 0 aromatic carbocycles. The minimum atomic E-state index is -0.518. The predicted molar refractivity (Wildman–Crippen MR) is 91.8 cm³/mol. The molecule has 0 aliphatic carbocycles. The fourth-order valence-corrected chi connectivity index (χ4v) is 4.87. The maximum atomic E-state index is 5.74. The van der Waals surface area contributed by atoms with Crippen molar-refractivity contribution in [3.63, 3.8) is 0 Å². The molecule has 1 unspecified atom stereocenters. The Labute approximate surface area is 125 Å². The number of rotatable bonds is 14. The van der Waals surface area contributed by atoms with Crippen molar-refractivity contribution in [1.29, 1.82) is 0 Å². The van der Waals surface area contributed by atoms with Crippen LogP contribution in [0.2, 0.25) is 0 Å². The molecule has 0 bridgehead atoms. The Hall–Kier alpha value is 1.09. The van der Waals surface area contributed by atoms with Crippen LogP contribution in [0.25, 0.3) is 0 Å². The molecule has 0 radical (unpaired) electrons. The average molecular weight is 311 g/mol. The summed E-state index contributed by atoms with van der Waals surface area (Å²) in [5.41, 5.74) is 0. The third-order valence-electron chi connectivity index (χ3n) is 2.90. The lowest BCUT2D eigenvalue weighted by Gasteiger charge is -2.10. The van der Waals surface area contributed by atoms with Gasteiger partial charge in [-0.25, -0.2) is 0 Å². The number of thiol groups is 1. The highest BCUT2D eigenvalue weighted by Crippen LogP contribution is 2.55. The maximum Gasteiger partial charge on any atom is 0.148 e. The van der Waals surface area contributed by atoms with E-state index in [1.807, 2.05) is 11.4 Å². The zero-order valence-electron chi connectivity index (χ0n) is 12.2. The molecule has 1 atom stereocenters. The molecule has 0 saturated heterocycles. The van der Waals surface area contributed by atoms with Crippen molar-refractivity contribution >= 4 is 30.2 Å². The Morgan fingerprint density at radius 1 is 0.833 bits per heavy atom. The van der Waals surface area contributed by atoms with E-state index >= 15 is 0 Å². The first-order chi connectivity index (χ1) is 8.81. The van der Waals surface area contributed by atoms with E-state index in [-0.39, 0.29) is 0 Å². The van der Waals surface area contributed by atoms with E-state index < -0.39 is 6.55 Å². The largest absolute Gasteiger partial charge is 0.339 e. The molecular weight excluding hydrogens is 279 g/mol. The molecule has 0 saturated carbocycles. The monoisotopic (exact) mass is 310 g/mol. The molecule has 0 fully saturated rings. The minimum Gasteiger partial charge on any atom is -0.339 e. The van der Waals surface area contributed by atoms with Gasteiger partial charge < -0.3 is 4.52 Å². The summed E-state index contributed by atoms with van der Waals surface area (Å²) in [6.45, 7) is 4.90. The zero-order valence-corrected chi connectivity index (χ0v) is 14.8. The first kappa shape index (κ1) is 19.1. The SMILES string of the molecule is CCCCCCCOP(S)SCCCCCCC. The van der Waals surface area contributed by atoms with Crippen molar-refractivity contribution in [2.75, 3.05) is 12.4 Å². The smallest absolute Gasteiger partial charge is 0.148 e. The standard InChI is InChI=1S/C14H31OPS2/c1-3-5-7-9-11-13-15-16(17)18-14-12-10-8-6-4-2/h17H,3-14H2,1-2H3. The van der Waals surface area contributed by atoms with Crippen molar-refractivity contribution in [3.8, 4) is 0 Å². The molecule has 1 nitrogen and oxygen atoms in total. The van der Waals surface area contributed by atoms with Gasteiger partial charge in [0.25, 0.3) is 0 Å². The van der Waals surface area contributed by atoms with Crippen LogP contribution in [-0.4, -0.2) is 12.4 Å². The van der Waals surface area contributed by atoms with Gasteiger partial charge in [-0.05, 0) is 12.8 Å². The van der Waals surface area contributed by atoms with Crippen LogP contribution in [0.15, 0.2) is 0 Å². The Kier molecular flexibility index (Phi) is 17.1. The van der Waals surface area contributed by atoms with E-state index in [4.69, 9.17) is 4.52 Å². The second kappa shape index (κ2) is 16.1. The second-order valence-electron chi connectivity index (χ2n) is 4.73. The molecule has 18 heavy (non-hydrogen) atoms. The van der Waals surface area contributed by atoms with Crippen molar-refractivity contribution in [3.05, 3.63) is 0 Å². The molecule has 4 heteroatoms. The number of hydrogen-bond acceptors (Lipinski definition) is 3. The normalized spacial score (nSPS) is 12.8. The highest BCUT2D eigenvalue weighted by Gasteiger charge is 2.03.